The van der Waals surface area contributed by atoms with Gasteiger partial charge in [-0.1, -0.05) is 6.07 Å². The number of aromatic nitrogens is 2. The van der Waals surface area contributed by atoms with Crippen molar-refractivity contribution in [3.8, 4) is 0 Å². The lowest BCUT2D eigenvalue weighted by molar-refractivity contribution is -0.384. The molecule has 2 aromatic rings. The Kier molecular flexibility index (Phi) is 5.32. The first kappa shape index (κ1) is 18.1. The van der Waals surface area contributed by atoms with Crippen LogP contribution in [0.3, 0.4) is 0 Å². The molecule has 1 aliphatic rings. The van der Waals surface area contributed by atoms with Gasteiger partial charge in [0, 0.05) is 69.6 Å². The fourth-order valence-corrected chi connectivity index (χ4v) is 3.29. The number of carbonyl (C=O) groups is 1. The molecule has 0 radical (unpaired) electrons. The van der Waals surface area contributed by atoms with E-state index in [1.54, 1.807) is 12.1 Å². The highest BCUT2D eigenvalue weighted by Gasteiger charge is 2.19. The molecule has 0 N–H and O–H groups in total. The Morgan fingerprint density at radius 2 is 1.96 bits per heavy atom. The highest BCUT2D eigenvalue weighted by Crippen LogP contribution is 2.22. The van der Waals surface area contributed by atoms with E-state index in [1.165, 1.54) is 17.7 Å². The van der Waals surface area contributed by atoms with Crippen LogP contribution in [0, 0.1) is 17.0 Å². The number of piperazine rings is 1. The van der Waals surface area contributed by atoms with Crippen molar-refractivity contribution in [1.82, 2.24) is 14.7 Å². The summed E-state index contributed by atoms with van der Waals surface area (Å²) in [5.41, 5.74) is 2.82. The van der Waals surface area contributed by atoms with Gasteiger partial charge in [-0.25, -0.2) is 4.68 Å². The van der Waals surface area contributed by atoms with Gasteiger partial charge in [0.1, 0.15) is 0 Å². The van der Waals surface area contributed by atoms with E-state index in [4.69, 9.17) is 0 Å². The van der Waals surface area contributed by atoms with Gasteiger partial charge in [-0.2, -0.15) is 5.10 Å². The Labute approximate surface area is 152 Å². The van der Waals surface area contributed by atoms with E-state index in [9.17, 15) is 14.9 Å². The molecule has 0 amide bonds. The smallest absolute Gasteiger partial charge is 0.271 e. The molecule has 0 aliphatic carbocycles. The Bertz CT molecular complexity index is 809. The summed E-state index contributed by atoms with van der Waals surface area (Å²) in [7, 11) is 0. The Morgan fingerprint density at radius 1 is 1.23 bits per heavy atom. The molecule has 1 fully saturated rings. The third-order valence-corrected chi connectivity index (χ3v) is 4.70. The third-order valence-electron chi connectivity index (χ3n) is 4.70. The number of nitro benzene ring substituents is 1. The first-order valence-electron chi connectivity index (χ1n) is 8.72. The summed E-state index contributed by atoms with van der Waals surface area (Å²) < 4.78 is 1.44. The molecule has 0 atom stereocenters. The van der Waals surface area contributed by atoms with Crippen LogP contribution in [0.2, 0.25) is 0 Å². The largest absolute Gasteiger partial charge is 0.369 e. The highest BCUT2D eigenvalue weighted by atomic mass is 16.6. The monoisotopic (exact) mass is 357 g/mol. The van der Waals surface area contributed by atoms with E-state index in [1.807, 2.05) is 19.1 Å². The summed E-state index contributed by atoms with van der Waals surface area (Å²) in [6.45, 7) is 7.75. The van der Waals surface area contributed by atoms with E-state index in [0.717, 1.165) is 56.2 Å². The lowest BCUT2D eigenvalue weighted by Gasteiger charge is -2.35. The fourth-order valence-electron chi connectivity index (χ4n) is 3.29. The van der Waals surface area contributed by atoms with Crippen LogP contribution in [-0.2, 0) is 6.42 Å². The molecule has 1 aromatic heterocycles. The molecular formula is C18H23N5O3. The molecule has 1 aliphatic heterocycles. The maximum atomic E-state index is 11.5. The molecule has 8 heteroatoms. The van der Waals surface area contributed by atoms with Crippen molar-refractivity contribution in [2.45, 2.75) is 20.3 Å². The van der Waals surface area contributed by atoms with Crippen molar-refractivity contribution >= 4 is 17.3 Å². The number of hydrogen-bond acceptors (Lipinski definition) is 6. The normalized spacial score (nSPS) is 15.2. The van der Waals surface area contributed by atoms with E-state index in [-0.39, 0.29) is 16.5 Å². The van der Waals surface area contributed by atoms with Crippen molar-refractivity contribution < 1.29 is 9.72 Å². The van der Waals surface area contributed by atoms with E-state index >= 15 is 0 Å². The lowest BCUT2D eigenvalue weighted by Crippen LogP contribution is -2.47. The van der Waals surface area contributed by atoms with Gasteiger partial charge < -0.3 is 4.90 Å². The average Bonchev–Trinajstić information content (AvgIpc) is 3.01. The van der Waals surface area contributed by atoms with Gasteiger partial charge in [0.15, 0.2) is 0 Å². The number of aryl methyl sites for hydroxylation is 1. The maximum Gasteiger partial charge on any atom is 0.271 e. The maximum absolute atomic E-state index is 11.5. The first-order chi connectivity index (χ1) is 12.4. The number of nitro groups is 1. The summed E-state index contributed by atoms with van der Waals surface area (Å²) in [6.07, 6.45) is 0.804. The molecule has 138 valence electrons. The zero-order chi connectivity index (χ0) is 18.7. The van der Waals surface area contributed by atoms with Crippen LogP contribution < -0.4 is 4.90 Å². The Morgan fingerprint density at radius 3 is 2.58 bits per heavy atom. The first-order valence-corrected chi connectivity index (χ1v) is 8.72. The van der Waals surface area contributed by atoms with E-state index in [0.29, 0.717) is 0 Å². The van der Waals surface area contributed by atoms with Crippen LogP contribution in [0.25, 0.3) is 0 Å². The van der Waals surface area contributed by atoms with Crippen LogP contribution >= 0.6 is 0 Å². The summed E-state index contributed by atoms with van der Waals surface area (Å²) >= 11 is 0. The van der Waals surface area contributed by atoms with Gasteiger partial charge in [0.2, 0.25) is 5.91 Å². The summed E-state index contributed by atoms with van der Waals surface area (Å²) in [4.78, 5) is 26.6. The van der Waals surface area contributed by atoms with Crippen LogP contribution in [0.1, 0.15) is 23.1 Å². The topological polar surface area (TPSA) is 84.5 Å². The quantitative estimate of drug-likeness (QED) is 0.602. The van der Waals surface area contributed by atoms with Crippen LogP contribution in [0.5, 0.6) is 0 Å². The number of non-ortho nitro benzene ring substituents is 1. The number of anilines is 1. The lowest BCUT2D eigenvalue weighted by atomic mass is 10.2. The second-order valence-electron chi connectivity index (χ2n) is 6.56. The minimum absolute atomic E-state index is 0.0701. The van der Waals surface area contributed by atoms with Crippen molar-refractivity contribution in [3.05, 3.63) is 51.8 Å². The standard InChI is InChI=1S/C18H23N5O3/c1-14-12-16(19-22(14)15(2)24)6-7-20-8-10-21(11-9-20)17-4-3-5-18(13-17)23(25)26/h3-5,12-13H,6-11H2,1-2H3. The Balaban J connectivity index is 1.52. The molecular weight excluding hydrogens is 334 g/mol. The minimum atomic E-state index is -0.359. The average molecular weight is 357 g/mol. The highest BCUT2D eigenvalue weighted by molar-refractivity contribution is 5.75. The van der Waals surface area contributed by atoms with E-state index < -0.39 is 0 Å². The third kappa shape index (κ3) is 4.08. The molecule has 1 saturated heterocycles. The summed E-state index contributed by atoms with van der Waals surface area (Å²) in [5, 5.41) is 15.3. The zero-order valence-electron chi connectivity index (χ0n) is 15.1. The van der Waals surface area contributed by atoms with Crippen molar-refractivity contribution in [2.24, 2.45) is 0 Å². The second kappa shape index (κ2) is 7.65. The van der Waals surface area contributed by atoms with Crippen molar-refractivity contribution in [1.29, 1.82) is 0 Å². The van der Waals surface area contributed by atoms with Crippen molar-refractivity contribution in [3.63, 3.8) is 0 Å². The molecule has 3 rings (SSSR count). The molecule has 0 unspecified atom stereocenters. The Hall–Kier alpha value is -2.74. The van der Waals surface area contributed by atoms with Gasteiger partial charge >= 0.3 is 0 Å². The summed E-state index contributed by atoms with van der Waals surface area (Å²) in [5.74, 6) is -0.0701. The molecule has 8 nitrogen and oxygen atoms in total. The van der Waals surface area contributed by atoms with Crippen LogP contribution in [-0.4, -0.2) is 58.2 Å². The second-order valence-corrected chi connectivity index (χ2v) is 6.56. The number of hydrogen-bond donors (Lipinski definition) is 0. The predicted octanol–water partition coefficient (Wildman–Crippen LogP) is 2.12. The SMILES string of the molecule is CC(=O)n1nc(CCN2CCN(c3cccc([N+](=O)[O-])c3)CC2)cc1C. The number of rotatable bonds is 5. The van der Waals surface area contributed by atoms with Crippen LogP contribution in [0.15, 0.2) is 30.3 Å². The molecule has 2 heterocycles. The van der Waals surface area contributed by atoms with E-state index in [2.05, 4.69) is 14.9 Å². The molecule has 0 saturated carbocycles. The molecule has 26 heavy (non-hydrogen) atoms. The van der Waals surface area contributed by atoms with Gasteiger partial charge in [0.25, 0.3) is 5.69 Å². The van der Waals surface area contributed by atoms with Crippen LogP contribution in [0.4, 0.5) is 11.4 Å². The molecule has 0 spiro atoms. The number of carbonyl (C=O) groups excluding carboxylic acids is 1. The predicted molar refractivity (Wildman–Crippen MR) is 98.7 cm³/mol. The molecule has 0 bridgehead atoms. The van der Waals surface area contributed by atoms with Gasteiger partial charge in [-0.3, -0.25) is 19.8 Å². The summed E-state index contributed by atoms with van der Waals surface area (Å²) in [6, 6.07) is 8.75. The van der Waals surface area contributed by atoms with Gasteiger partial charge in [-0.05, 0) is 19.1 Å². The fraction of sp³-hybridized carbons (Fsp3) is 0.444. The zero-order valence-corrected chi connectivity index (χ0v) is 15.1. The number of nitrogens with zero attached hydrogens (tertiary/aromatic N) is 5. The minimum Gasteiger partial charge on any atom is -0.369 e. The molecule has 1 aromatic carbocycles. The van der Waals surface area contributed by atoms with Gasteiger partial charge in [0.05, 0.1) is 10.6 Å². The van der Waals surface area contributed by atoms with Gasteiger partial charge in [-0.15, -0.1) is 0 Å². The number of benzene rings is 1. The van der Waals surface area contributed by atoms with Crippen molar-refractivity contribution in [2.75, 3.05) is 37.6 Å².